The molecular formula is C17H26N2O2. The monoisotopic (exact) mass is 290 g/mol. The molecule has 21 heavy (non-hydrogen) atoms. The second-order valence-corrected chi connectivity index (χ2v) is 6.27. The van der Waals surface area contributed by atoms with Gasteiger partial charge in [-0.3, -0.25) is 9.69 Å². The third kappa shape index (κ3) is 3.63. The Bertz CT molecular complexity index is 505. The smallest absolute Gasteiger partial charge is 0.241 e. The first-order valence-corrected chi connectivity index (χ1v) is 7.66. The number of carbonyl (C=O) groups is 1. The van der Waals surface area contributed by atoms with E-state index in [1.165, 1.54) is 5.56 Å². The zero-order valence-corrected chi connectivity index (χ0v) is 13.4. The zero-order chi connectivity index (χ0) is 15.6. The van der Waals surface area contributed by atoms with Crippen molar-refractivity contribution in [3.8, 4) is 0 Å². The van der Waals surface area contributed by atoms with Crippen molar-refractivity contribution < 1.29 is 9.90 Å². The summed E-state index contributed by atoms with van der Waals surface area (Å²) in [5.41, 5.74) is 4.34. The highest BCUT2D eigenvalue weighted by Crippen LogP contribution is 2.23. The van der Waals surface area contributed by atoms with E-state index in [0.717, 1.165) is 36.3 Å². The van der Waals surface area contributed by atoms with Gasteiger partial charge in [0, 0.05) is 18.8 Å². The summed E-state index contributed by atoms with van der Waals surface area (Å²) in [6.07, 6.45) is 0.969. The first kappa shape index (κ1) is 16.0. The Morgan fingerprint density at radius 3 is 2.52 bits per heavy atom. The van der Waals surface area contributed by atoms with Crippen LogP contribution in [0.4, 0.5) is 5.69 Å². The molecule has 4 nitrogen and oxygen atoms in total. The average molecular weight is 290 g/mol. The minimum atomic E-state index is -0.165. The number of hydrogen-bond acceptors (Lipinski definition) is 3. The van der Waals surface area contributed by atoms with Crippen LogP contribution in [-0.2, 0) is 4.79 Å². The highest BCUT2D eigenvalue weighted by molar-refractivity contribution is 5.96. The Morgan fingerprint density at radius 1 is 1.38 bits per heavy atom. The van der Waals surface area contributed by atoms with Crippen molar-refractivity contribution in [2.24, 2.45) is 5.92 Å². The van der Waals surface area contributed by atoms with Crippen molar-refractivity contribution in [3.63, 3.8) is 0 Å². The highest BCUT2D eigenvalue weighted by atomic mass is 16.3. The van der Waals surface area contributed by atoms with Gasteiger partial charge < -0.3 is 10.4 Å². The molecule has 1 aliphatic rings. The number of aryl methyl sites for hydroxylation is 3. The molecule has 0 spiro atoms. The van der Waals surface area contributed by atoms with E-state index >= 15 is 0 Å². The lowest BCUT2D eigenvalue weighted by atomic mass is 10.0. The van der Waals surface area contributed by atoms with E-state index in [1.54, 1.807) is 0 Å². The van der Waals surface area contributed by atoms with Crippen LogP contribution in [0.5, 0.6) is 0 Å². The molecule has 1 aromatic rings. The molecule has 1 amide bonds. The topological polar surface area (TPSA) is 52.6 Å². The van der Waals surface area contributed by atoms with Crippen molar-refractivity contribution >= 4 is 11.6 Å². The molecule has 1 saturated heterocycles. The normalized spacial score (nSPS) is 20.5. The third-order valence-corrected chi connectivity index (χ3v) is 4.43. The number of nitrogens with one attached hydrogen (secondary N) is 1. The second kappa shape index (κ2) is 6.58. The summed E-state index contributed by atoms with van der Waals surface area (Å²) in [7, 11) is 0. The number of likely N-dealkylation sites (tertiary alicyclic amines) is 1. The molecule has 2 N–H and O–H groups in total. The molecule has 1 heterocycles. The van der Waals surface area contributed by atoms with Crippen LogP contribution in [-0.4, -0.2) is 41.7 Å². The Kier molecular flexibility index (Phi) is 5.01. The van der Waals surface area contributed by atoms with Crippen molar-refractivity contribution in [2.75, 3.05) is 25.0 Å². The number of aliphatic hydroxyl groups is 1. The van der Waals surface area contributed by atoms with Crippen LogP contribution in [0, 0.1) is 26.7 Å². The zero-order valence-electron chi connectivity index (χ0n) is 13.4. The minimum absolute atomic E-state index is 0.0312. The molecule has 0 saturated carbocycles. The van der Waals surface area contributed by atoms with Gasteiger partial charge in [-0.1, -0.05) is 17.7 Å². The Hall–Kier alpha value is -1.39. The largest absolute Gasteiger partial charge is 0.396 e. The number of amides is 1. The predicted molar refractivity (Wildman–Crippen MR) is 85.5 cm³/mol. The Morgan fingerprint density at radius 2 is 2.00 bits per heavy atom. The van der Waals surface area contributed by atoms with Crippen molar-refractivity contribution in [1.82, 2.24) is 4.90 Å². The van der Waals surface area contributed by atoms with Gasteiger partial charge in [-0.25, -0.2) is 0 Å². The van der Waals surface area contributed by atoms with Gasteiger partial charge in [0.05, 0.1) is 6.04 Å². The van der Waals surface area contributed by atoms with Gasteiger partial charge in [0.25, 0.3) is 0 Å². The quantitative estimate of drug-likeness (QED) is 0.894. The van der Waals surface area contributed by atoms with Crippen molar-refractivity contribution in [3.05, 3.63) is 28.8 Å². The van der Waals surface area contributed by atoms with Crippen LogP contribution in [0.15, 0.2) is 12.1 Å². The molecule has 1 aliphatic heterocycles. The van der Waals surface area contributed by atoms with Crippen LogP contribution in [0.2, 0.25) is 0 Å². The summed E-state index contributed by atoms with van der Waals surface area (Å²) in [4.78, 5) is 14.6. The highest BCUT2D eigenvalue weighted by Gasteiger charge is 2.29. The molecule has 1 aromatic carbocycles. The van der Waals surface area contributed by atoms with Crippen molar-refractivity contribution in [2.45, 2.75) is 40.2 Å². The summed E-state index contributed by atoms with van der Waals surface area (Å²) < 4.78 is 0. The van der Waals surface area contributed by atoms with E-state index < -0.39 is 0 Å². The van der Waals surface area contributed by atoms with E-state index in [9.17, 15) is 9.90 Å². The van der Waals surface area contributed by atoms with Gasteiger partial charge in [-0.15, -0.1) is 0 Å². The fourth-order valence-electron chi connectivity index (χ4n) is 3.13. The van der Waals surface area contributed by atoms with E-state index in [4.69, 9.17) is 0 Å². The third-order valence-electron chi connectivity index (χ3n) is 4.43. The minimum Gasteiger partial charge on any atom is -0.396 e. The van der Waals surface area contributed by atoms with E-state index in [2.05, 4.69) is 29.3 Å². The van der Waals surface area contributed by atoms with Crippen LogP contribution >= 0.6 is 0 Å². The number of anilines is 1. The number of aliphatic hydroxyl groups excluding tert-OH is 1. The molecule has 1 fully saturated rings. The number of benzene rings is 1. The molecule has 2 atom stereocenters. The van der Waals surface area contributed by atoms with Gasteiger partial charge in [0.15, 0.2) is 0 Å². The summed E-state index contributed by atoms with van der Waals surface area (Å²) in [5.74, 6) is 0.340. The van der Waals surface area contributed by atoms with Crippen LogP contribution in [0.3, 0.4) is 0 Å². The summed E-state index contributed by atoms with van der Waals surface area (Å²) in [6.45, 7) is 9.95. The molecule has 0 radical (unpaired) electrons. The molecule has 0 bridgehead atoms. The van der Waals surface area contributed by atoms with Crippen LogP contribution in [0.1, 0.15) is 30.0 Å². The summed E-state index contributed by atoms with van der Waals surface area (Å²) in [6, 6.07) is 4.01. The molecule has 2 rings (SSSR count). The lowest BCUT2D eigenvalue weighted by Gasteiger charge is -2.24. The van der Waals surface area contributed by atoms with Crippen LogP contribution in [0.25, 0.3) is 0 Å². The molecule has 0 aliphatic carbocycles. The molecular weight excluding hydrogens is 264 g/mol. The first-order valence-electron chi connectivity index (χ1n) is 7.66. The van der Waals surface area contributed by atoms with Crippen LogP contribution < -0.4 is 5.32 Å². The van der Waals surface area contributed by atoms with E-state index in [1.807, 2.05) is 20.8 Å². The number of hydrogen-bond donors (Lipinski definition) is 2. The van der Waals surface area contributed by atoms with Gasteiger partial charge in [0.1, 0.15) is 0 Å². The maximum atomic E-state index is 12.5. The van der Waals surface area contributed by atoms with Gasteiger partial charge in [-0.2, -0.15) is 0 Å². The standard InChI is InChI=1S/C17H26N2O2/c1-11-7-12(2)16(13(3)8-11)18-17(21)14(4)19-6-5-15(9-19)10-20/h7-8,14-15,20H,5-6,9-10H2,1-4H3,(H,18,21). The molecule has 0 aromatic heterocycles. The maximum Gasteiger partial charge on any atom is 0.241 e. The Labute approximate surface area is 127 Å². The van der Waals surface area contributed by atoms with E-state index in [-0.39, 0.29) is 18.6 Å². The average Bonchev–Trinajstić information content (AvgIpc) is 2.90. The lowest BCUT2D eigenvalue weighted by Crippen LogP contribution is -2.41. The molecule has 4 heteroatoms. The van der Waals surface area contributed by atoms with Gasteiger partial charge >= 0.3 is 0 Å². The first-order chi connectivity index (χ1) is 9.92. The maximum absolute atomic E-state index is 12.5. The molecule has 116 valence electrons. The Balaban J connectivity index is 2.05. The lowest BCUT2D eigenvalue weighted by molar-refractivity contribution is -0.120. The van der Waals surface area contributed by atoms with E-state index in [0.29, 0.717) is 5.92 Å². The number of rotatable bonds is 4. The van der Waals surface area contributed by atoms with Crippen molar-refractivity contribution in [1.29, 1.82) is 0 Å². The second-order valence-electron chi connectivity index (χ2n) is 6.27. The SMILES string of the molecule is Cc1cc(C)c(NC(=O)C(C)N2CCC(CO)C2)c(C)c1. The summed E-state index contributed by atoms with van der Waals surface area (Å²) >= 11 is 0. The fourth-order valence-corrected chi connectivity index (χ4v) is 3.13. The van der Waals surface area contributed by atoms with Gasteiger partial charge in [0.2, 0.25) is 5.91 Å². The predicted octanol–water partition coefficient (Wildman–Crippen LogP) is 2.25. The fraction of sp³-hybridized carbons (Fsp3) is 0.588. The number of carbonyl (C=O) groups excluding carboxylic acids is 1. The molecule has 2 unspecified atom stereocenters. The van der Waals surface area contributed by atoms with Gasteiger partial charge in [-0.05, 0) is 57.7 Å². The summed E-state index contributed by atoms with van der Waals surface area (Å²) in [5, 5.41) is 12.3. The number of nitrogens with zero attached hydrogens (tertiary/aromatic N) is 1.